The maximum Gasteiger partial charge on any atom is 0.128 e. The van der Waals surface area contributed by atoms with E-state index in [1.54, 1.807) is 6.92 Å². The van der Waals surface area contributed by atoms with E-state index in [9.17, 15) is 5.11 Å². The smallest absolute Gasteiger partial charge is 0.128 e. The molecule has 2 rings (SSSR count). The van der Waals surface area contributed by atoms with E-state index in [2.05, 4.69) is 22.6 Å². The Kier molecular flexibility index (Phi) is 4.02. The van der Waals surface area contributed by atoms with Crippen LogP contribution in [-0.4, -0.2) is 5.11 Å². The van der Waals surface area contributed by atoms with Crippen molar-refractivity contribution in [3.63, 3.8) is 0 Å². The fraction of sp³-hybridized carbons (Fsp3) is 0.143. The van der Waals surface area contributed by atoms with Gasteiger partial charge in [0.2, 0.25) is 0 Å². The maximum atomic E-state index is 9.40. The molecule has 0 unspecified atom stereocenters. The van der Waals surface area contributed by atoms with E-state index < -0.39 is 6.10 Å². The van der Waals surface area contributed by atoms with Gasteiger partial charge in [-0.05, 0) is 65.4 Å². The summed E-state index contributed by atoms with van der Waals surface area (Å²) in [6, 6.07) is 15.3. The highest BCUT2D eigenvalue weighted by molar-refractivity contribution is 14.1. The maximum absolute atomic E-state index is 9.40. The molecule has 0 saturated carbocycles. The summed E-state index contributed by atoms with van der Waals surface area (Å²) in [6.45, 7) is 1.75. The molecule has 0 aliphatic carbocycles. The predicted octanol–water partition coefficient (Wildman–Crippen LogP) is 4.14. The summed E-state index contributed by atoms with van der Waals surface area (Å²) in [4.78, 5) is 0. The molecule has 0 radical (unpaired) electrons. The van der Waals surface area contributed by atoms with E-state index in [0.29, 0.717) is 0 Å². The van der Waals surface area contributed by atoms with Crippen molar-refractivity contribution >= 4 is 22.6 Å². The molecular weight excluding hydrogens is 327 g/mol. The topological polar surface area (TPSA) is 29.5 Å². The molecule has 17 heavy (non-hydrogen) atoms. The molecule has 1 N–H and O–H groups in total. The van der Waals surface area contributed by atoms with Crippen molar-refractivity contribution in [1.82, 2.24) is 0 Å². The second-order valence-corrected chi connectivity index (χ2v) is 5.05. The highest BCUT2D eigenvalue weighted by atomic mass is 127. The lowest BCUT2D eigenvalue weighted by Gasteiger charge is -2.08. The number of benzene rings is 2. The number of aliphatic hydroxyl groups is 1. The number of hydrogen-bond donors (Lipinski definition) is 1. The Morgan fingerprint density at radius 3 is 2.35 bits per heavy atom. The summed E-state index contributed by atoms with van der Waals surface area (Å²) in [5.41, 5.74) is 0.889. The van der Waals surface area contributed by atoms with Crippen LogP contribution in [-0.2, 0) is 0 Å². The molecule has 3 heteroatoms. The van der Waals surface area contributed by atoms with E-state index in [4.69, 9.17) is 4.74 Å². The van der Waals surface area contributed by atoms with Crippen LogP contribution in [0.15, 0.2) is 48.5 Å². The van der Waals surface area contributed by atoms with Crippen LogP contribution in [0.2, 0.25) is 0 Å². The van der Waals surface area contributed by atoms with Gasteiger partial charge in [0.1, 0.15) is 11.5 Å². The van der Waals surface area contributed by atoms with Crippen molar-refractivity contribution in [1.29, 1.82) is 0 Å². The standard InChI is InChI=1S/C14H13IO2/c1-10(16)11-5-7-13(8-6-11)17-14-4-2-3-12(15)9-14/h2-10,16H,1H3/t10-/m0/s1. The van der Waals surface area contributed by atoms with Gasteiger partial charge in [0.15, 0.2) is 0 Å². The Labute approximate surface area is 114 Å². The molecule has 0 fully saturated rings. The first-order chi connectivity index (χ1) is 8.15. The Morgan fingerprint density at radius 2 is 1.76 bits per heavy atom. The van der Waals surface area contributed by atoms with Gasteiger partial charge < -0.3 is 9.84 Å². The molecule has 0 bridgehead atoms. The third-order valence-corrected chi connectivity index (χ3v) is 3.07. The first kappa shape index (κ1) is 12.4. The lowest BCUT2D eigenvalue weighted by molar-refractivity contribution is 0.199. The van der Waals surface area contributed by atoms with Crippen LogP contribution in [0.5, 0.6) is 11.5 Å². The summed E-state index contributed by atoms with van der Waals surface area (Å²) >= 11 is 2.25. The van der Waals surface area contributed by atoms with Gasteiger partial charge in [-0.3, -0.25) is 0 Å². The summed E-state index contributed by atoms with van der Waals surface area (Å²) in [5, 5.41) is 9.40. The predicted molar refractivity (Wildman–Crippen MR) is 76.3 cm³/mol. The largest absolute Gasteiger partial charge is 0.457 e. The molecule has 88 valence electrons. The Hall–Kier alpha value is -1.07. The lowest BCUT2D eigenvalue weighted by atomic mass is 10.1. The van der Waals surface area contributed by atoms with Gasteiger partial charge in [0.25, 0.3) is 0 Å². The molecule has 0 spiro atoms. The molecule has 0 saturated heterocycles. The molecule has 2 aromatic carbocycles. The van der Waals surface area contributed by atoms with Gasteiger partial charge >= 0.3 is 0 Å². The average molecular weight is 340 g/mol. The number of rotatable bonds is 3. The van der Waals surface area contributed by atoms with E-state index in [0.717, 1.165) is 20.6 Å². The third-order valence-electron chi connectivity index (χ3n) is 2.39. The van der Waals surface area contributed by atoms with Crippen LogP contribution >= 0.6 is 22.6 Å². The number of ether oxygens (including phenoxy) is 1. The second-order valence-electron chi connectivity index (χ2n) is 3.80. The minimum Gasteiger partial charge on any atom is -0.457 e. The van der Waals surface area contributed by atoms with Gasteiger partial charge in [-0.15, -0.1) is 0 Å². The molecule has 1 atom stereocenters. The van der Waals surface area contributed by atoms with Gasteiger partial charge in [-0.2, -0.15) is 0 Å². The minimum atomic E-state index is -0.443. The normalized spacial score (nSPS) is 12.2. The van der Waals surface area contributed by atoms with Crippen molar-refractivity contribution in [2.75, 3.05) is 0 Å². The van der Waals surface area contributed by atoms with Gasteiger partial charge in [0, 0.05) is 3.57 Å². The first-order valence-electron chi connectivity index (χ1n) is 5.36. The summed E-state index contributed by atoms with van der Waals surface area (Å²) in [7, 11) is 0. The SMILES string of the molecule is C[C@H](O)c1ccc(Oc2cccc(I)c2)cc1. The van der Waals surface area contributed by atoms with Crippen LogP contribution in [0.1, 0.15) is 18.6 Å². The number of aliphatic hydroxyl groups excluding tert-OH is 1. The van der Waals surface area contributed by atoms with Crippen molar-refractivity contribution in [3.8, 4) is 11.5 Å². The van der Waals surface area contributed by atoms with E-state index in [1.807, 2.05) is 48.5 Å². The Bertz CT molecular complexity index is 492. The number of hydrogen-bond acceptors (Lipinski definition) is 2. The molecule has 2 aromatic rings. The highest BCUT2D eigenvalue weighted by Crippen LogP contribution is 2.24. The van der Waals surface area contributed by atoms with Crippen molar-refractivity contribution in [2.24, 2.45) is 0 Å². The fourth-order valence-corrected chi connectivity index (χ4v) is 2.00. The van der Waals surface area contributed by atoms with Crippen LogP contribution in [0.3, 0.4) is 0 Å². The summed E-state index contributed by atoms with van der Waals surface area (Å²) < 4.78 is 6.85. The molecular formula is C14H13IO2. The first-order valence-corrected chi connectivity index (χ1v) is 6.44. The van der Waals surface area contributed by atoms with Crippen LogP contribution in [0, 0.1) is 3.57 Å². The van der Waals surface area contributed by atoms with Crippen molar-refractivity contribution in [2.45, 2.75) is 13.0 Å². The van der Waals surface area contributed by atoms with Crippen molar-refractivity contribution in [3.05, 3.63) is 57.7 Å². The van der Waals surface area contributed by atoms with Gasteiger partial charge in [-0.25, -0.2) is 0 Å². The molecule has 0 aliphatic heterocycles. The molecule has 2 nitrogen and oxygen atoms in total. The summed E-state index contributed by atoms with van der Waals surface area (Å²) in [5.74, 6) is 1.60. The molecule has 0 aliphatic rings. The molecule has 0 aromatic heterocycles. The lowest BCUT2D eigenvalue weighted by Crippen LogP contribution is -1.90. The third kappa shape index (κ3) is 3.44. The zero-order chi connectivity index (χ0) is 12.3. The minimum absolute atomic E-state index is 0.443. The average Bonchev–Trinajstić information content (AvgIpc) is 2.29. The summed E-state index contributed by atoms with van der Waals surface area (Å²) in [6.07, 6.45) is -0.443. The molecule has 0 amide bonds. The van der Waals surface area contributed by atoms with E-state index in [1.165, 1.54) is 0 Å². The van der Waals surface area contributed by atoms with E-state index >= 15 is 0 Å². The van der Waals surface area contributed by atoms with E-state index in [-0.39, 0.29) is 0 Å². The highest BCUT2D eigenvalue weighted by Gasteiger charge is 2.01. The number of halogens is 1. The monoisotopic (exact) mass is 340 g/mol. The zero-order valence-corrected chi connectivity index (χ0v) is 11.6. The van der Waals surface area contributed by atoms with Crippen LogP contribution < -0.4 is 4.74 Å². The van der Waals surface area contributed by atoms with Crippen LogP contribution in [0.25, 0.3) is 0 Å². The van der Waals surface area contributed by atoms with Crippen molar-refractivity contribution < 1.29 is 9.84 Å². The Morgan fingerprint density at radius 1 is 1.06 bits per heavy atom. The second kappa shape index (κ2) is 5.51. The quantitative estimate of drug-likeness (QED) is 0.851. The van der Waals surface area contributed by atoms with Gasteiger partial charge in [-0.1, -0.05) is 18.2 Å². The Balaban J connectivity index is 2.14. The van der Waals surface area contributed by atoms with Gasteiger partial charge in [0.05, 0.1) is 6.10 Å². The van der Waals surface area contributed by atoms with Crippen LogP contribution in [0.4, 0.5) is 0 Å². The fourth-order valence-electron chi connectivity index (χ4n) is 1.48. The zero-order valence-electron chi connectivity index (χ0n) is 9.43. The molecule has 0 heterocycles.